The molecule has 0 saturated heterocycles. The topological polar surface area (TPSA) is 3.24 Å². The Bertz CT molecular complexity index is 865. The molecule has 3 aliphatic rings. The van der Waals surface area contributed by atoms with Crippen molar-refractivity contribution < 1.29 is 0 Å². The van der Waals surface area contributed by atoms with E-state index in [9.17, 15) is 0 Å². The van der Waals surface area contributed by atoms with Crippen molar-refractivity contribution in [2.24, 2.45) is 0 Å². The highest BCUT2D eigenvalue weighted by molar-refractivity contribution is 6.31. The largest absolute Gasteiger partial charge is 0.295 e. The summed E-state index contributed by atoms with van der Waals surface area (Å²) >= 11 is 6.38. The number of halogens is 1. The summed E-state index contributed by atoms with van der Waals surface area (Å²) in [4.78, 5) is 2.64. The Morgan fingerprint density at radius 2 is 1.89 bits per heavy atom. The van der Waals surface area contributed by atoms with Crippen LogP contribution in [0.25, 0.3) is 0 Å². The summed E-state index contributed by atoms with van der Waals surface area (Å²) in [6.45, 7) is 5.36. The molecule has 1 saturated carbocycles. The Balaban J connectivity index is 1.45. The quantitative estimate of drug-likeness (QED) is 0.524. The Hall–Kier alpha value is -1.31. The fourth-order valence-corrected chi connectivity index (χ4v) is 6.45. The first-order valence-corrected chi connectivity index (χ1v) is 11.6. The highest BCUT2D eigenvalue weighted by Gasteiger charge is 2.41. The molecule has 1 spiro atoms. The zero-order valence-corrected chi connectivity index (χ0v) is 17.9. The van der Waals surface area contributed by atoms with Crippen LogP contribution < -0.4 is 0 Å². The van der Waals surface area contributed by atoms with E-state index in [1.807, 2.05) is 0 Å². The van der Waals surface area contributed by atoms with Crippen molar-refractivity contribution in [1.29, 1.82) is 0 Å². The summed E-state index contributed by atoms with van der Waals surface area (Å²) in [7, 11) is 0. The van der Waals surface area contributed by atoms with Crippen molar-refractivity contribution >= 4 is 11.6 Å². The maximum atomic E-state index is 6.38. The SMILES string of the molecule is Cc1ccc(CN2CCC3CCC4(CCCCC4)c4cccc(c43)C2)cc1Cl. The molecule has 0 amide bonds. The van der Waals surface area contributed by atoms with Crippen LogP contribution in [0.5, 0.6) is 0 Å². The zero-order valence-electron chi connectivity index (χ0n) is 17.1. The molecule has 148 valence electrons. The molecule has 1 aliphatic heterocycles. The molecule has 0 N–H and O–H groups in total. The lowest BCUT2D eigenvalue weighted by Crippen LogP contribution is -2.35. The average molecular weight is 394 g/mol. The number of nitrogens with zero attached hydrogens (tertiary/aromatic N) is 1. The van der Waals surface area contributed by atoms with Crippen molar-refractivity contribution in [2.45, 2.75) is 82.7 Å². The average Bonchev–Trinajstić information content (AvgIpc) is 2.89. The fraction of sp³-hybridized carbons (Fsp3) is 0.538. The molecule has 0 bridgehead atoms. The monoisotopic (exact) mass is 393 g/mol. The van der Waals surface area contributed by atoms with E-state index in [4.69, 9.17) is 11.6 Å². The van der Waals surface area contributed by atoms with Crippen molar-refractivity contribution in [3.63, 3.8) is 0 Å². The number of hydrogen-bond acceptors (Lipinski definition) is 1. The number of benzene rings is 2. The van der Waals surface area contributed by atoms with Crippen LogP contribution in [0.2, 0.25) is 5.02 Å². The fourth-order valence-electron chi connectivity index (χ4n) is 6.25. The predicted molar refractivity (Wildman–Crippen MR) is 118 cm³/mol. The molecular weight excluding hydrogens is 362 g/mol. The van der Waals surface area contributed by atoms with E-state index in [2.05, 4.69) is 48.2 Å². The van der Waals surface area contributed by atoms with Crippen molar-refractivity contribution in [3.8, 4) is 0 Å². The first-order valence-electron chi connectivity index (χ1n) is 11.2. The van der Waals surface area contributed by atoms with E-state index in [0.29, 0.717) is 5.41 Å². The number of fused-ring (bicyclic) bond motifs is 1. The van der Waals surface area contributed by atoms with Crippen LogP contribution in [0.15, 0.2) is 36.4 Å². The summed E-state index contributed by atoms with van der Waals surface area (Å²) in [6.07, 6.45) is 11.2. The third-order valence-corrected chi connectivity index (χ3v) is 8.20. The third kappa shape index (κ3) is 3.31. The molecule has 1 fully saturated rings. The summed E-state index contributed by atoms with van der Waals surface area (Å²) in [6, 6.07) is 13.8. The van der Waals surface area contributed by atoms with Gasteiger partial charge in [-0.25, -0.2) is 0 Å². The number of hydrogen-bond donors (Lipinski definition) is 0. The molecule has 2 aromatic rings. The Labute approximate surface area is 175 Å². The minimum Gasteiger partial charge on any atom is -0.295 e. The van der Waals surface area contributed by atoms with Gasteiger partial charge in [-0.3, -0.25) is 4.90 Å². The van der Waals surface area contributed by atoms with Gasteiger partial charge in [-0.1, -0.05) is 61.2 Å². The maximum absolute atomic E-state index is 6.38. The lowest BCUT2D eigenvalue weighted by atomic mass is 9.59. The van der Waals surface area contributed by atoms with Crippen LogP contribution in [-0.2, 0) is 18.5 Å². The van der Waals surface area contributed by atoms with E-state index in [1.54, 1.807) is 16.7 Å². The van der Waals surface area contributed by atoms with Gasteiger partial charge >= 0.3 is 0 Å². The minimum atomic E-state index is 0.500. The van der Waals surface area contributed by atoms with Gasteiger partial charge < -0.3 is 0 Å². The van der Waals surface area contributed by atoms with Crippen LogP contribution in [-0.4, -0.2) is 11.4 Å². The van der Waals surface area contributed by atoms with Gasteiger partial charge in [-0.2, -0.15) is 0 Å². The lowest BCUT2D eigenvalue weighted by Gasteiger charge is -2.45. The molecule has 1 heterocycles. The number of aryl methyl sites for hydroxylation is 1. The van der Waals surface area contributed by atoms with Gasteiger partial charge in [-0.05, 0) is 90.8 Å². The van der Waals surface area contributed by atoms with Gasteiger partial charge in [0.2, 0.25) is 0 Å². The molecule has 2 aliphatic carbocycles. The minimum absolute atomic E-state index is 0.500. The van der Waals surface area contributed by atoms with Crippen LogP contribution >= 0.6 is 11.6 Å². The molecular formula is C26H32ClN. The normalized spacial score (nSPS) is 24.0. The molecule has 2 heteroatoms. The van der Waals surface area contributed by atoms with E-state index < -0.39 is 0 Å². The maximum Gasteiger partial charge on any atom is 0.0438 e. The van der Waals surface area contributed by atoms with E-state index in [-0.39, 0.29) is 0 Å². The molecule has 0 radical (unpaired) electrons. The van der Waals surface area contributed by atoms with Gasteiger partial charge in [-0.15, -0.1) is 0 Å². The zero-order chi connectivity index (χ0) is 19.1. The van der Waals surface area contributed by atoms with Gasteiger partial charge in [0.05, 0.1) is 0 Å². The highest BCUT2D eigenvalue weighted by atomic mass is 35.5. The predicted octanol–water partition coefficient (Wildman–Crippen LogP) is 7.13. The highest BCUT2D eigenvalue weighted by Crippen LogP contribution is 2.52. The Morgan fingerprint density at radius 1 is 1.04 bits per heavy atom. The first-order chi connectivity index (χ1) is 13.6. The molecule has 1 unspecified atom stereocenters. The molecule has 28 heavy (non-hydrogen) atoms. The van der Waals surface area contributed by atoms with Crippen LogP contribution in [0.3, 0.4) is 0 Å². The van der Waals surface area contributed by atoms with Gasteiger partial charge in [0.1, 0.15) is 0 Å². The van der Waals surface area contributed by atoms with Gasteiger partial charge in [0.15, 0.2) is 0 Å². The van der Waals surface area contributed by atoms with Crippen molar-refractivity contribution in [1.82, 2.24) is 4.90 Å². The molecule has 5 rings (SSSR count). The Kier molecular flexibility index (Phi) is 5.01. The third-order valence-electron chi connectivity index (χ3n) is 7.79. The summed E-state index contributed by atoms with van der Waals surface area (Å²) < 4.78 is 0. The molecule has 2 aromatic carbocycles. The Morgan fingerprint density at radius 3 is 2.71 bits per heavy atom. The van der Waals surface area contributed by atoms with Crippen molar-refractivity contribution in [3.05, 3.63) is 69.2 Å². The van der Waals surface area contributed by atoms with E-state index >= 15 is 0 Å². The van der Waals surface area contributed by atoms with Crippen LogP contribution in [0.1, 0.15) is 85.1 Å². The summed E-state index contributed by atoms with van der Waals surface area (Å²) in [5, 5.41) is 0.894. The first kappa shape index (κ1) is 18.7. The van der Waals surface area contributed by atoms with E-state index in [1.165, 1.54) is 69.0 Å². The second-order valence-corrected chi connectivity index (χ2v) is 9.95. The van der Waals surface area contributed by atoms with Gasteiger partial charge in [0, 0.05) is 18.1 Å². The van der Waals surface area contributed by atoms with Crippen molar-refractivity contribution in [2.75, 3.05) is 6.54 Å². The summed E-state index contributed by atoms with van der Waals surface area (Å²) in [5.41, 5.74) is 8.09. The van der Waals surface area contributed by atoms with Gasteiger partial charge in [0.25, 0.3) is 0 Å². The molecule has 1 atom stereocenters. The summed E-state index contributed by atoms with van der Waals surface area (Å²) in [5.74, 6) is 0.769. The lowest BCUT2D eigenvalue weighted by molar-refractivity contribution is 0.231. The van der Waals surface area contributed by atoms with Crippen LogP contribution in [0.4, 0.5) is 0 Å². The van der Waals surface area contributed by atoms with Crippen LogP contribution in [0, 0.1) is 6.92 Å². The second-order valence-electron chi connectivity index (χ2n) is 9.54. The smallest absolute Gasteiger partial charge is 0.0438 e. The van der Waals surface area contributed by atoms with E-state index in [0.717, 1.165) is 24.0 Å². The number of rotatable bonds is 2. The molecule has 0 aromatic heterocycles. The second kappa shape index (κ2) is 7.50. The standard InChI is InChI=1S/C26H32ClN/c1-19-8-9-20(16-24(19)27)17-28-15-11-21-10-14-26(12-3-2-4-13-26)23-7-5-6-22(18-28)25(21)23/h5-9,16,21H,2-4,10-15,17-18H2,1H3. The molecule has 1 nitrogen and oxygen atoms in total.